The molecule has 3 N–H and O–H groups in total. The van der Waals surface area contributed by atoms with E-state index in [1.54, 1.807) is 36.6 Å². The SMILES string of the molecule is NNC(=O)c1cccc(Cn2nnc(-c3ccco3)n2)c1. The molecule has 0 aliphatic heterocycles. The molecule has 0 spiro atoms. The van der Waals surface area contributed by atoms with E-state index in [4.69, 9.17) is 10.3 Å². The normalized spacial score (nSPS) is 10.5. The number of furan rings is 1. The summed E-state index contributed by atoms with van der Waals surface area (Å²) in [5.41, 5.74) is 3.43. The van der Waals surface area contributed by atoms with Crippen LogP contribution in [0.2, 0.25) is 0 Å². The fourth-order valence-corrected chi connectivity index (χ4v) is 1.87. The minimum atomic E-state index is -0.348. The minimum absolute atomic E-state index is 0.348. The summed E-state index contributed by atoms with van der Waals surface area (Å²) in [4.78, 5) is 12.9. The predicted molar refractivity (Wildman–Crippen MR) is 72.7 cm³/mol. The van der Waals surface area contributed by atoms with Gasteiger partial charge in [0.25, 0.3) is 5.91 Å². The highest BCUT2D eigenvalue weighted by Gasteiger charge is 2.09. The van der Waals surface area contributed by atoms with Gasteiger partial charge in [-0.1, -0.05) is 12.1 Å². The van der Waals surface area contributed by atoms with E-state index >= 15 is 0 Å². The number of nitrogens with one attached hydrogen (secondary N) is 1. The number of carbonyl (C=O) groups excluding carboxylic acids is 1. The van der Waals surface area contributed by atoms with E-state index < -0.39 is 0 Å². The number of amides is 1. The first kappa shape index (κ1) is 13.0. The molecular formula is C13H12N6O2. The first-order valence-corrected chi connectivity index (χ1v) is 6.18. The molecule has 0 saturated heterocycles. The van der Waals surface area contributed by atoms with Gasteiger partial charge in [-0.3, -0.25) is 10.2 Å². The Bertz CT molecular complexity index is 750. The third kappa shape index (κ3) is 2.79. The molecule has 1 aromatic carbocycles. The molecule has 3 rings (SSSR count). The van der Waals surface area contributed by atoms with Crippen LogP contribution in [0.5, 0.6) is 0 Å². The molecule has 106 valence electrons. The van der Waals surface area contributed by atoms with Crippen LogP contribution in [0.4, 0.5) is 0 Å². The molecule has 0 bridgehead atoms. The Balaban J connectivity index is 1.79. The largest absolute Gasteiger partial charge is 0.461 e. The average Bonchev–Trinajstić information content (AvgIpc) is 3.17. The topological polar surface area (TPSA) is 112 Å². The molecule has 0 aliphatic carbocycles. The van der Waals surface area contributed by atoms with Gasteiger partial charge in [-0.2, -0.15) is 4.80 Å². The number of nitrogens with zero attached hydrogens (tertiary/aromatic N) is 4. The molecule has 1 amide bonds. The van der Waals surface area contributed by atoms with Crippen LogP contribution in [0.1, 0.15) is 15.9 Å². The lowest BCUT2D eigenvalue weighted by Crippen LogP contribution is -2.30. The molecule has 3 aromatic rings. The number of hydrogen-bond acceptors (Lipinski definition) is 6. The van der Waals surface area contributed by atoms with Crippen molar-refractivity contribution in [1.29, 1.82) is 0 Å². The van der Waals surface area contributed by atoms with Crippen LogP contribution in [0.3, 0.4) is 0 Å². The maximum Gasteiger partial charge on any atom is 0.265 e. The number of nitrogens with two attached hydrogens (primary N) is 1. The molecule has 2 aromatic heterocycles. The highest BCUT2D eigenvalue weighted by molar-refractivity contribution is 5.93. The summed E-state index contributed by atoms with van der Waals surface area (Å²) in [7, 11) is 0. The third-order valence-corrected chi connectivity index (χ3v) is 2.84. The Labute approximate surface area is 119 Å². The van der Waals surface area contributed by atoms with Crippen molar-refractivity contribution in [3.63, 3.8) is 0 Å². The zero-order valence-corrected chi connectivity index (χ0v) is 10.9. The lowest BCUT2D eigenvalue weighted by Gasteiger charge is -2.03. The number of nitrogen functional groups attached to an aromatic ring is 1. The summed E-state index contributed by atoms with van der Waals surface area (Å²) in [6.45, 7) is 0.388. The smallest absolute Gasteiger partial charge is 0.265 e. The fourth-order valence-electron chi connectivity index (χ4n) is 1.87. The molecule has 0 unspecified atom stereocenters. The molecule has 8 nitrogen and oxygen atoms in total. The van der Waals surface area contributed by atoms with E-state index in [1.807, 2.05) is 6.07 Å². The van der Waals surface area contributed by atoms with Gasteiger partial charge in [-0.15, -0.1) is 10.2 Å². The third-order valence-electron chi connectivity index (χ3n) is 2.84. The molecule has 2 heterocycles. The van der Waals surface area contributed by atoms with Gasteiger partial charge in [0, 0.05) is 5.56 Å². The van der Waals surface area contributed by atoms with Crippen LogP contribution in [0.25, 0.3) is 11.6 Å². The van der Waals surface area contributed by atoms with Gasteiger partial charge < -0.3 is 4.42 Å². The Hall–Kier alpha value is -3.00. The molecule has 21 heavy (non-hydrogen) atoms. The zero-order chi connectivity index (χ0) is 14.7. The van der Waals surface area contributed by atoms with E-state index in [0.29, 0.717) is 23.7 Å². The highest BCUT2D eigenvalue weighted by Crippen LogP contribution is 2.13. The van der Waals surface area contributed by atoms with Crippen LogP contribution in [0.15, 0.2) is 47.1 Å². The van der Waals surface area contributed by atoms with Crippen LogP contribution in [0, 0.1) is 0 Å². The Kier molecular flexibility index (Phi) is 3.44. The van der Waals surface area contributed by atoms with Gasteiger partial charge in [0.15, 0.2) is 5.76 Å². The summed E-state index contributed by atoms with van der Waals surface area (Å²) in [6.07, 6.45) is 1.55. The molecule has 0 aliphatic rings. The van der Waals surface area contributed by atoms with E-state index in [0.717, 1.165) is 5.56 Å². The van der Waals surface area contributed by atoms with Crippen LogP contribution < -0.4 is 11.3 Å². The van der Waals surface area contributed by atoms with Gasteiger partial charge in [0.1, 0.15) is 0 Å². The Morgan fingerprint density at radius 1 is 1.33 bits per heavy atom. The highest BCUT2D eigenvalue weighted by atomic mass is 16.3. The van der Waals surface area contributed by atoms with Crippen LogP contribution in [-0.2, 0) is 6.54 Å². The molecule has 8 heteroatoms. The molecule has 0 saturated carbocycles. The summed E-state index contributed by atoms with van der Waals surface area (Å²) < 4.78 is 5.20. The van der Waals surface area contributed by atoms with Crippen LogP contribution in [-0.4, -0.2) is 26.1 Å². The van der Waals surface area contributed by atoms with E-state index in [1.165, 1.54) is 4.80 Å². The second-order valence-corrected chi connectivity index (χ2v) is 4.29. The van der Waals surface area contributed by atoms with Crippen molar-refractivity contribution in [2.75, 3.05) is 0 Å². The zero-order valence-electron chi connectivity index (χ0n) is 10.9. The van der Waals surface area contributed by atoms with Crippen molar-refractivity contribution in [2.45, 2.75) is 6.54 Å². The van der Waals surface area contributed by atoms with Crippen molar-refractivity contribution in [2.24, 2.45) is 5.84 Å². The van der Waals surface area contributed by atoms with Crippen molar-refractivity contribution in [3.8, 4) is 11.6 Å². The quantitative estimate of drug-likeness (QED) is 0.412. The first-order chi connectivity index (χ1) is 10.3. The maximum absolute atomic E-state index is 11.5. The lowest BCUT2D eigenvalue weighted by atomic mass is 10.1. The van der Waals surface area contributed by atoms with Gasteiger partial charge in [0.05, 0.1) is 12.8 Å². The number of aromatic nitrogens is 4. The molecule has 0 fully saturated rings. The van der Waals surface area contributed by atoms with E-state index in [2.05, 4.69) is 20.8 Å². The average molecular weight is 284 g/mol. The number of tetrazole rings is 1. The monoisotopic (exact) mass is 284 g/mol. The van der Waals surface area contributed by atoms with Crippen molar-refractivity contribution < 1.29 is 9.21 Å². The number of hydrogen-bond donors (Lipinski definition) is 2. The second-order valence-electron chi connectivity index (χ2n) is 4.29. The fraction of sp³-hybridized carbons (Fsp3) is 0.0769. The van der Waals surface area contributed by atoms with Crippen molar-refractivity contribution >= 4 is 5.91 Å². The molecular weight excluding hydrogens is 272 g/mol. The van der Waals surface area contributed by atoms with E-state index in [-0.39, 0.29) is 5.91 Å². The number of benzene rings is 1. The van der Waals surface area contributed by atoms with Gasteiger partial charge >= 0.3 is 0 Å². The van der Waals surface area contributed by atoms with E-state index in [9.17, 15) is 4.79 Å². The number of hydrazine groups is 1. The van der Waals surface area contributed by atoms with Crippen LogP contribution >= 0.6 is 0 Å². The molecule has 0 atom stereocenters. The molecule has 0 radical (unpaired) electrons. The summed E-state index contributed by atoms with van der Waals surface area (Å²) in [6, 6.07) is 10.5. The van der Waals surface area contributed by atoms with Gasteiger partial charge in [0.2, 0.25) is 5.82 Å². The summed E-state index contributed by atoms with van der Waals surface area (Å²) >= 11 is 0. The summed E-state index contributed by atoms with van der Waals surface area (Å²) in [5.74, 6) is 5.73. The Morgan fingerprint density at radius 2 is 2.24 bits per heavy atom. The van der Waals surface area contributed by atoms with Crippen molar-refractivity contribution in [1.82, 2.24) is 25.6 Å². The second kappa shape index (κ2) is 5.55. The predicted octanol–water partition coefficient (Wildman–Crippen LogP) is 0.585. The number of carbonyl (C=O) groups is 1. The Morgan fingerprint density at radius 3 is 3.00 bits per heavy atom. The minimum Gasteiger partial charge on any atom is -0.461 e. The first-order valence-electron chi connectivity index (χ1n) is 6.18. The summed E-state index contributed by atoms with van der Waals surface area (Å²) in [5, 5.41) is 12.1. The number of rotatable bonds is 4. The van der Waals surface area contributed by atoms with Crippen molar-refractivity contribution in [3.05, 3.63) is 53.8 Å². The van der Waals surface area contributed by atoms with Gasteiger partial charge in [-0.05, 0) is 35.0 Å². The lowest BCUT2D eigenvalue weighted by molar-refractivity contribution is 0.0953. The standard InChI is InChI=1S/C13H12N6O2/c14-15-13(20)10-4-1-3-9(7-10)8-19-17-12(16-18-19)11-5-2-6-21-11/h1-7H,8,14H2,(H,15,20). The maximum atomic E-state index is 11.5. The van der Waals surface area contributed by atoms with Gasteiger partial charge in [-0.25, -0.2) is 5.84 Å².